The van der Waals surface area contributed by atoms with Gasteiger partial charge in [-0.2, -0.15) is 10.2 Å². The number of rotatable bonds is 4. The molecule has 1 aromatic carbocycles. The molecule has 0 radical (unpaired) electrons. The van der Waals surface area contributed by atoms with Crippen LogP contribution in [0.4, 0.5) is 11.4 Å². The molecule has 0 saturated heterocycles. The Labute approximate surface area is 146 Å². The molecule has 2 N–H and O–H groups in total. The molecule has 6 nitrogen and oxygen atoms in total. The fourth-order valence-electron chi connectivity index (χ4n) is 2.52. The van der Waals surface area contributed by atoms with E-state index in [0.717, 1.165) is 29.3 Å². The van der Waals surface area contributed by atoms with Crippen LogP contribution in [0.2, 0.25) is 0 Å². The van der Waals surface area contributed by atoms with Gasteiger partial charge >= 0.3 is 0 Å². The van der Waals surface area contributed by atoms with E-state index in [-0.39, 0.29) is 0 Å². The number of aryl methyl sites for hydroxylation is 2. The van der Waals surface area contributed by atoms with Crippen LogP contribution in [-0.2, 0) is 13.6 Å². The van der Waals surface area contributed by atoms with E-state index >= 15 is 0 Å². The molecule has 0 amide bonds. The molecule has 0 saturated carbocycles. The van der Waals surface area contributed by atoms with Crippen LogP contribution in [0, 0.1) is 13.8 Å². The van der Waals surface area contributed by atoms with Gasteiger partial charge in [0.15, 0.2) is 5.11 Å². The molecule has 124 valence electrons. The van der Waals surface area contributed by atoms with Crippen LogP contribution in [0.5, 0.6) is 0 Å². The maximum Gasteiger partial charge on any atom is 0.175 e. The molecule has 2 aromatic heterocycles. The molecule has 0 spiro atoms. The lowest BCUT2D eigenvalue weighted by Gasteiger charge is -2.09. The molecule has 0 unspecified atom stereocenters. The predicted molar refractivity (Wildman–Crippen MR) is 100 cm³/mol. The Balaban J connectivity index is 1.63. The highest BCUT2D eigenvalue weighted by Crippen LogP contribution is 2.18. The van der Waals surface area contributed by atoms with E-state index in [0.29, 0.717) is 5.11 Å². The first-order valence-corrected chi connectivity index (χ1v) is 8.08. The Morgan fingerprint density at radius 1 is 1.17 bits per heavy atom. The molecular formula is C17H20N6S. The predicted octanol–water partition coefficient (Wildman–Crippen LogP) is 3.09. The van der Waals surface area contributed by atoms with E-state index in [1.54, 1.807) is 6.20 Å². The minimum absolute atomic E-state index is 0.522. The van der Waals surface area contributed by atoms with Gasteiger partial charge < -0.3 is 10.6 Å². The summed E-state index contributed by atoms with van der Waals surface area (Å²) in [6.07, 6.45) is 3.70. The van der Waals surface area contributed by atoms with E-state index in [4.69, 9.17) is 12.2 Å². The molecule has 24 heavy (non-hydrogen) atoms. The van der Waals surface area contributed by atoms with E-state index in [9.17, 15) is 0 Å². The minimum Gasteiger partial charge on any atom is -0.330 e. The van der Waals surface area contributed by atoms with Gasteiger partial charge in [0.2, 0.25) is 0 Å². The third-order valence-electron chi connectivity index (χ3n) is 3.83. The maximum absolute atomic E-state index is 5.39. The number of thiocarbonyl (C=S) groups is 1. The molecule has 0 aliphatic rings. The molecular weight excluding hydrogens is 320 g/mol. The molecule has 0 fully saturated rings. The Morgan fingerprint density at radius 3 is 2.58 bits per heavy atom. The fraction of sp³-hybridized carbons (Fsp3) is 0.235. The second-order valence-corrected chi connectivity index (χ2v) is 6.07. The molecule has 0 bridgehead atoms. The van der Waals surface area contributed by atoms with E-state index in [1.807, 2.05) is 54.7 Å². The number of nitrogens with zero attached hydrogens (tertiary/aromatic N) is 4. The Hall–Kier alpha value is -2.67. The second kappa shape index (κ2) is 6.84. The summed E-state index contributed by atoms with van der Waals surface area (Å²) in [6.45, 7) is 4.68. The first kappa shape index (κ1) is 16.2. The third kappa shape index (κ3) is 3.62. The van der Waals surface area contributed by atoms with Crippen molar-refractivity contribution in [3.63, 3.8) is 0 Å². The number of aromatic nitrogens is 4. The van der Waals surface area contributed by atoms with Crippen molar-refractivity contribution in [3.8, 4) is 0 Å². The zero-order valence-electron chi connectivity index (χ0n) is 13.9. The fourth-order valence-corrected chi connectivity index (χ4v) is 2.74. The lowest BCUT2D eigenvalue weighted by Crippen LogP contribution is -2.19. The van der Waals surface area contributed by atoms with Gasteiger partial charge in [-0.3, -0.25) is 9.36 Å². The van der Waals surface area contributed by atoms with E-state index in [1.165, 1.54) is 5.56 Å². The quantitative estimate of drug-likeness (QED) is 0.715. The molecule has 0 aliphatic heterocycles. The van der Waals surface area contributed by atoms with E-state index in [2.05, 4.69) is 33.0 Å². The summed E-state index contributed by atoms with van der Waals surface area (Å²) in [5.74, 6) is 0. The summed E-state index contributed by atoms with van der Waals surface area (Å²) < 4.78 is 3.71. The number of hydrogen-bond acceptors (Lipinski definition) is 3. The Morgan fingerprint density at radius 2 is 1.92 bits per heavy atom. The average molecular weight is 340 g/mol. The van der Waals surface area contributed by atoms with Crippen molar-refractivity contribution in [1.82, 2.24) is 19.6 Å². The summed E-state index contributed by atoms with van der Waals surface area (Å²) in [5.41, 5.74) is 4.94. The smallest absolute Gasteiger partial charge is 0.175 e. The van der Waals surface area contributed by atoms with Crippen molar-refractivity contribution in [2.75, 3.05) is 10.6 Å². The first-order chi connectivity index (χ1) is 11.5. The summed E-state index contributed by atoms with van der Waals surface area (Å²) in [6, 6.07) is 10.2. The van der Waals surface area contributed by atoms with Gasteiger partial charge in [-0.1, -0.05) is 30.3 Å². The van der Waals surface area contributed by atoms with Crippen LogP contribution in [0.25, 0.3) is 0 Å². The van der Waals surface area contributed by atoms with Gasteiger partial charge in [0, 0.05) is 13.2 Å². The van der Waals surface area contributed by atoms with Crippen LogP contribution in [0.1, 0.15) is 17.0 Å². The average Bonchev–Trinajstić information content (AvgIpc) is 3.08. The van der Waals surface area contributed by atoms with Gasteiger partial charge in [-0.25, -0.2) is 0 Å². The zero-order valence-corrected chi connectivity index (χ0v) is 14.8. The third-order valence-corrected chi connectivity index (χ3v) is 4.03. The monoisotopic (exact) mass is 340 g/mol. The first-order valence-electron chi connectivity index (χ1n) is 7.67. The highest BCUT2D eigenvalue weighted by atomic mass is 32.1. The topological polar surface area (TPSA) is 59.7 Å². The van der Waals surface area contributed by atoms with Gasteiger partial charge in [0.1, 0.15) is 0 Å². The SMILES string of the molecule is Cc1nn(C)c(C)c1NC(=S)Nc1cnn(Cc2ccccc2)c1. The number of nitrogens with one attached hydrogen (secondary N) is 2. The Bertz CT molecular complexity index is 849. The van der Waals surface area contributed by atoms with Crippen LogP contribution in [0.3, 0.4) is 0 Å². The molecule has 7 heteroatoms. The number of hydrogen-bond donors (Lipinski definition) is 2. The van der Waals surface area contributed by atoms with Crippen molar-refractivity contribution in [1.29, 1.82) is 0 Å². The molecule has 0 atom stereocenters. The largest absolute Gasteiger partial charge is 0.330 e. The number of anilines is 2. The second-order valence-electron chi connectivity index (χ2n) is 5.66. The van der Waals surface area contributed by atoms with Crippen molar-refractivity contribution in [3.05, 3.63) is 59.7 Å². The molecule has 0 aliphatic carbocycles. The zero-order chi connectivity index (χ0) is 17.1. The van der Waals surface area contributed by atoms with Crippen LogP contribution < -0.4 is 10.6 Å². The lowest BCUT2D eigenvalue weighted by molar-refractivity contribution is 0.687. The highest BCUT2D eigenvalue weighted by Gasteiger charge is 2.11. The minimum atomic E-state index is 0.522. The molecule has 3 aromatic rings. The summed E-state index contributed by atoms with van der Waals surface area (Å²) in [7, 11) is 1.91. The van der Waals surface area contributed by atoms with Crippen molar-refractivity contribution in [2.24, 2.45) is 7.05 Å². The summed E-state index contributed by atoms with van der Waals surface area (Å²) in [4.78, 5) is 0. The molecule has 3 rings (SSSR count). The van der Waals surface area contributed by atoms with Crippen molar-refractivity contribution in [2.45, 2.75) is 20.4 Å². The Kier molecular flexibility index (Phi) is 4.61. The van der Waals surface area contributed by atoms with Gasteiger partial charge in [-0.05, 0) is 31.6 Å². The normalized spacial score (nSPS) is 10.6. The van der Waals surface area contributed by atoms with Crippen molar-refractivity contribution < 1.29 is 0 Å². The van der Waals surface area contributed by atoms with Crippen molar-refractivity contribution >= 4 is 28.7 Å². The standard InChI is InChI=1S/C17H20N6S/c1-12-16(13(2)22(3)21-12)20-17(24)19-15-9-18-23(11-15)10-14-7-5-4-6-8-14/h4-9,11H,10H2,1-3H3,(H2,19,20,24). The molecule has 2 heterocycles. The number of benzene rings is 1. The van der Waals surface area contributed by atoms with Crippen LogP contribution in [0.15, 0.2) is 42.7 Å². The lowest BCUT2D eigenvalue weighted by atomic mass is 10.2. The maximum atomic E-state index is 5.39. The van der Waals surface area contributed by atoms with Crippen LogP contribution in [-0.4, -0.2) is 24.7 Å². The highest BCUT2D eigenvalue weighted by molar-refractivity contribution is 7.80. The van der Waals surface area contributed by atoms with Gasteiger partial charge in [0.25, 0.3) is 0 Å². The van der Waals surface area contributed by atoms with E-state index < -0.39 is 0 Å². The van der Waals surface area contributed by atoms with Gasteiger partial charge in [0.05, 0.1) is 35.5 Å². The van der Waals surface area contributed by atoms with Gasteiger partial charge in [-0.15, -0.1) is 0 Å². The summed E-state index contributed by atoms with van der Waals surface area (Å²) in [5, 5.41) is 15.6. The summed E-state index contributed by atoms with van der Waals surface area (Å²) >= 11 is 5.39. The van der Waals surface area contributed by atoms with Crippen LogP contribution >= 0.6 is 12.2 Å².